The molecule has 1 heterocycles. The topological polar surface area (TPSA) is 24.5 Å². The van der Waals surface area contributed by atoms with Gasteiger partial charge in [0.25, 0.3) is 0 Å². The summed E-state index contributed by atoms with van der Waals surface area (Å²) in [5.74, 6) is 0.959. The van der Waals surface area contributed by atoms with Crippen molar-refractivity contribution in [3.63, 3.8) is 0 Å². The monoisotopic (exact) mass is 416 g/mol. The Hall–Kier alpha value is -1.36. The molecule has 4 heteroatoms. The van der Waals surface area contributed by atoms with Crippen molar-refractivity contribution in [1.82, 2.24) is 10.2 Å². The summed E-state index contributed by atoms with van der Waals surface area (Å²) >= 11 is 3.59. The SMILES string of the molecule is CCN1CCC[C@@H]1CNCc1cc(Br)ccc1OCc1cccc(C)c1. The van der Waals surface area contributed by atoms with E-state index in [0.29, 0.717) is 12.6 Å². The second-order valence-corrected chi connectivity index (χ2v) is 8.00. The van der Waals surface area contributed by atoms with Gasteiger partial charge in [0.05, 0.1) is 0 Å². The minimum absolute atomic E-state index is 0.600. The lowest BCUT2D eigenvalue weighted by Crippen LogP contribution is -2.37. The van der Waals surface area contributed by atoms with Gasteiger partial charge in [-0.2, -0.15) is 0 Å². The number of nitrogens with zero attached hydrogens (tertiary/aromatic N) is 1. The van der Waals surface area contributed by atoms with Crippen LogP contribution in [0.1, 0.15) is 36.5 Å². The summed E-state index contributed by atoms with van der Waals surface area (Å²) in [6, 6.07) is 15.4. The van der Waals surface area contributed by atoms with Crippen LogP contribution in [0, 0.1) is 6.92 Å². The summed E-state index contributed by atoms with van der Waals surface area (Å²) in [5, 5.41) is 3.64. The smallest absolute Gasteiger partial charge is 0.124 e. The molecule has 2 aromatic rings. The maximum Gasteiger partial charge on any atom is 0.124 e. The third-order valence-corrected chi connectivity index (χ3v) is 5.59. The van der Waals surface area contributed by atoms with E-state index in [2.05, 4.69) is 76.4 Å². The summed E-state index contributed by atoms with van der Waals surface area (Å²) < 4.78 is 7.22. The Morgan fingerprint density at radius 1 is 1.23 bits per heavy atom. The molecule has 0 bridgehead atoms. The van der Waals surface area contributed by atoms with Crippen LogP contribution in [0.5, 0.6) is 5.75 Å². The maximum absolute atomic E-state index is 6.13. The number of halogens is 1. The average molecular weight is 417 g/mol. The first-order valence-electron chi connectivity index (χ1n) is 9.57. The molecule has 3 nitrogen and oxygen atoms in total. The number of benzene rings is 2. The predicted molar refractivity (Wildman–Crippen MR) is 112 cm³/mol. The van der Waals surface area contributed by atoms with Crippen LogP contribution in [0.4, 0.5) is 0 Å². The van der Waals surface area contributed by atoms with Crippen molar-refractivity contribution >= 4 is 15.9 Å². The Morgan fingerprint density at radius 2 is 2.12 bits per heavy atom. The van der Waals surface area contributed by atoms with Crippen molar-refractivity contribution in [1.29, 1.82) is 0 Å². The van der Waals surface area contributed by atoms with Gasteiger partial charge in [-0.05, 0) is 56.6 Å². The number of likely N-dealkylation sites (N-methyl/N-ethyl adjacent to an activating group) is 1. The largest absolute Gasteiger partial charge is 0.489 e. The summed E-state index contributed by atoms with van der Waals surface area (Å²) in [6.07, 6.45) is 2.62. The van der Waals surface area contributed by atoms with Crippen LogP contribution in [0.15, 0.2) is 46.9 Å². The second kappa shape index (κ2) is 9.54. The molecule has 0 unspecified atom stereocenters. The molecule has 26 heavy (non-hydrogen) atoms. The van der Waals surface area contributed by atoms with E-state index in [1.165, 1.54) is 36.1 Å². The molecule has 0 aromatic heterocycles. The fourth-order valence-electron chi connectivity index (χ4n) is 3.71. The number of hydrogen-bond donors (Lipinski definition) is 1. The lowest BCUT2D eigenvalue weighted by molar-refractivity contribution is 0.259. The molecule has 1 saturated heterocycles. The quantitative estimate of drug-likeness (QED) is 0.661. The van der Waals surface area contributed by atoms with Crippen LogP contribution in [-0.4, -0.2) is 30.6 Å². The molecular formula is C22H29BrN2O. The molecule has 0 amide bonds. The molecule has 0 aliphatic carbocycles. The Bertz CT molecular complexity index is 719. The normalized spacial score (nSPS) is 17.6. The van der Waals surface area contributed by atoms with Crippen LogP contribution in [0.25, 0.3) is 0 Å². The number of nitrogens with one attached hydrogen (secondary N) is 1. The number of hydrogen-bond acceptors (Lipinski definition) is 3. The Kier molecular flexibility index (Phi) is 7.12. The van der Waals surface area contributed by atoms with Gasteiger partial charge in [-0.1, -0.05) is 52.7 Å². The lowest BCUT2D eigenvalue weighted by atomic mass is 10.1. The van der Waals surface area contributed by atoms with Crippen LogP contribution in [-0.2, 0) is 13.2 Å². The van der Waals surface area contributed by atoms with E-state index >= 15 is 0 Å². The van der Waals surface area contributed by atoms with Crippen LogP contribution >= 0.6 is 15.9 Å². The Balaban J connectivity index is 1.58. The first-order valence-corrected chi connectivity index (χ1v) is 10.4. The van der Waals surface area contributed by atoms with Crippen molar-refractivity contribution in [2.45, 2.75) is 45.9 Å². The van der Waals surface area contributed by atoms with Crippen molar-refractivity contribution in [2.24, 2.45) is 0 Å². The van der Waals surface area contributed by atoms with Gasteiger partial charge in [0.15, 0.2) is 0 Å². The van der Waals surface area contributed by atoms with E-state index in [0.717, 1.165) is 29.9 Å². The summed E-state index contributed by atoms with van der Waals surface area (Å²) in [5.41, 5.74) is 3.67. The van der Waals surface area contributed by atoms with Gasteiger partial charge in [-0.25, -0.2) is 0 Å². The van der Waals surface area contributed by atoms with Crippen LogP contribution < -0.4 is 10.1 Å². The zero-order valence-electron chi connectivity index (χ0n) is 15.8. The van der Waals surface area contributed by atoms with Crippen molar-refractivity contribution in [2.75, 3.05) is 19.6 Å². The number of aryl methyl sites for hydroxylation is 1. The van der Waals surface area contributed by atoms with Gasteiger partial charge in [0.2, 0.25) is 0 Å². The van der Waals surface area contributed by atoms with Gasteiger partial charge in [0, 0.05) is 29.2 Å². The van der Waals surface area contributed by atoms with E-state index in [4.69, 9.17) is 4.74 Å². The molecule has 140 valence electrons. The fraction of sp³-hybridized carbons (Fsp3) is 0.455. The Labute approximate surface area is 165 Å². The minimum atomic E-state index is 0.600. The van der Waals surface area contributed by atoms with Gasteiger partial charge in [-0.15, -0.1) is 0 Å². The van der Waals surface area contributed by atoms with Crippen molar-refractivity contribution < 1.29 is 4.74 Å². The first-order chi connectivity index (χ1) is 12.7. The standard InChI is InChI=1S/C22H29BrN2O/c1-3-25-11-5-8-21(25)15-24-14-19-13-20(23)9-10-22(19)26-16-18-7-4-6-17(2)12-18/h4,6-7,9-10,12-13,21,24H,3,5,8,11,14-16H2,1-2H3/t21-/m1/s1. The highest BCUT2D eigenvalue weighted by Gasteiger charge is 2.22. The highest BCUT2D eigenvalue weighted by atomic mass is 79.9. The molecule has 1 N–H and O–H groups in total. The zero-order valence-corrected chi connectivity index (χ0v) is 17.4. The zero-order chi connectivity index (χ0) is 18.4. The van der Waals surface area contributed by atoms with Gasteiger partial charge in [0.1, 0.15) is 12.4 Å². The molecule has 3 rings (SSSR count). The van der Waals surface area contributed by atoms with Gasteiger partial charge >= 0.3 is 0 Å². The number of ether oxygens (including phenoxy) is 1. The van der Waals surface area contributed by atoms with Crippen molar-refractivity contribution in [3.8, 4) is 5.75 Å². The molecule has 2 aromatic carbocycles. The van der Waals surface area contributed by atoms with E-state index in [-0.39, 0.29) is 0 Å². The molecule has 0 saturated carbocycles. The highest BCUT2D eigenvalue weighted by molar-refractivity contribution is 9.10. The molecular weight excluding hydrogens is 388 g/mol. The van der Waals surface area contributed by atoms with E-state index < -0.39 is 0 Å². The average Bonchev–Trinajstić information content (AvgIpc) is 3.08. The fourth-order valence-corrected chi connectivity index (χ4v) is 4.11. The van der Waals surface area contributed by atoms with Gasteiger partial charge in [-0.3, -0.25) is 4.90 Å². The number of rotatable bonds is 8. The summed E-state index contributed by atoms with van der Waals surface area (Å²) in [7, 11) is 0. The Morgan fingerprint density at radius 3 is 2.92 bits per heavy atom. The second-order valence-electron chi connectivity index (χ2n) is 7.09. The van der Waals surface area contributed by atoms with Crippen LogP contribution in [0.3, 0.4) is 0 Å². The highest BCUT2D eigenvalue weighted by Crippen LogP contribution is 2.24. The van der Waals surface area contributed by atoms with E-state index in [9.17, 15) is 0 Å². The molecule has 1 aliphatic heterocycles. The summed E-state index contributed by atoms with van der Waals surface area (Å²) in [6.45, 7) is 9.22. The van der Waals surface area contributed by atoms with Crippen LogP contribution in [0.2, 0.25) is 0 Å². The third kappa shape index (κ3) is 5.32. The molecule has 1 atom stereocenters. The molecule has 0 radical (unpaired) electrons. The first kappa shape index (κ1) is 19.4. The predicted octanol–water partition coefficient (Wildman–Crippen LogP) is 4.91. The lowest BCUT2D eigenvalue weighted by Gasteiger charge is -2.23. The summed E-state index contributed by atoms with van der Waals surface area (Å²) in [4.78, 5) is 2.57. The van der Waals surface area contributed by atoms with E-state index in [1.807, 2.05) is 6.07 Å². The molecule has 0 spiro atoms. The van der Waals surface area contributed by atoms with E-state index in [1.54, 1.807) is 0 Å². The molecule has 1 aliphatic rings. The minimum Gasteiger partial charge on any atom is -0.489 e. The van der Waals surface area contributed by atoms with Gasteiger partial charge < -0.3 is 10.1 Å². The third-order valence-electron chi connectivity index (χ3n) is 5.10. The maximum atomic E-state index is 6.13. The van der Waals surface area contributed by atoms with Crippen molar-refractivity contribution in [3.05, 3.63) is 63.6 Å². The molecule has 1 fully saturated rings. The number of likely N-dealkylation sites (tertiary alicyclic amines) is 1.